The summed E-state index contributed by atoms with van der Waals surface area (Å²) in [5.74, 6) is 7.81. The molecule has 2 aromatic rings. The van der Waals surface area contributed by atoms with Gasteiger partial charge in [0.05, 0.1) is 6.04 Å². The van der Waals surface area contributed by atoms with Crippen LogP contribution in [0.25, 0.3) is 5.31 Å². The largest absolute Gasteiger partial charge is 0.385 e. The van der Waals surface area contributed by atoms with Crippen molar-refractivity contribution in [3.05, 3.63) is 71.8 Å². The summed E-state index contributed by atoms with van der Waals surface area (Å²) in [6.07, 6.45) is 6.32. The predicted octanol–water partition coefficient (Wildman–Crippen LogP) is 4.36. The van der Waals surface area contributed by atoms with Gasteiger partial charge >= 0.3 is 0 Å². The lowest BCUT2D eigenvalue weighted by atomic mass is 10.1. The van der Waals surface area contributed by atoms with E-state index in [4.69, 9.17) is 0 Å². The molecule has 0 spiro atoms. The third kappa shape index (κ3) is 5.46. The molecule has 1 aromatic carbocycles. The first-order valence-electron chi connectivity index (χ1n) is 10.1. The Morgan fingerprint density at radius 3 is 2.76 bits per heavy atom. The van der Waals surface area contributed by atoms with Gasteiger partial charge in [0, 0.05) is 30.4 Å². The number of nitrogens with zero attached hydrogens (tertiary/aromatic N) is 2. The molecule has 2 heterocycles. The molecule has 5 heteroatoms. The first-order valence-corrected chi connectivity index (χ1v) is 11.6. The zero-order valence-corrected chi connectivity index (χ0v) is 18.4. The van der Waals surface area contributed by atoms with Crippen molar-refractivity contribution >= 4 is 13.9 Å². The molecule has 1 fully saturated rings. The molecule has 1 saturated heterocycles. The van der Waals surface area contributed by atoms with E-state index in [-0.39, 0.29) is 6.04 Å². The second-order valence-electron chi connectivity index (χ2n) is 7.46. The van der Waals surface area contributed by atoms with Gasteiger partial charge in [0.25, 0.3) is 0 Å². The van der Waals surface area contributed by atoms with Gasteiger partial charge in [-0.05, 0) is 68.1 Å². The number of allylic oxidation sites excluding steroid dienone is 2. The molecular weight excluding hydrogens is 377 g/mol. The summed E-state index contributed by atoms with van der Waals surface area (Å²) in [7, 11) is 0.653. The molecule has 3 unspecified atom stereocenters. The van der Waals surface area contributed by atoms with Crippen LogP contribution in [0.4, 0.5) is 0 Å². The van der Waals surface area contributed by atoms with E-state index in [9.17, 15) is 5.11 Å². The number of rotatable bonds is 6. The fourth-order valence-corrected chi connectivity index (χ4v) is 4.24. The van der Waals surface area contributed by atoms with Crippen LogP contribution < -0.4 is 5.32 Å². The number of aliphatic hydroxyl groups excluding tert-OH is 1. The van der Waals surface area contributed by atoms with Crippen LogP contribution in [0, 0.1) is 17.8 Å². The fourth-order valence-electron chi connectivity index (χ4n) is 3.46. The summed E-state index contributed by atoms with van der Waals surface area (Å²) in [5.41, 5.74) is 3.26. The lowest BCUT2D eigenvalue weighted by Crippen LogP contribution is -2.11. The minimum atomic E-state index is -0.606. The number of nitrogens with one attached hydrogen (secondary N) is 1. The van der Waals surface area contributed by atoms with Crippen LogP contribution >= 0.6 is 8.58 Å². The standard InChI is InChI=1S/C24H30N3OP/c1-17(18(2)27-14-13-26-24(27)19(3)28)15-23(29-4)22-9-7-20(8-10-22)5-6-21-11-12-25-16-21/h7-10,13-15,18-19,21,25,28-29H,1,11-12,16H2,2-4H3/b23-15-/t18?,19-,21?/m0/s1. The molecule has 0 bridgehead atoms. The Bertz CT molecular complexity index is 925. The Morgan fingerprint density at radius 2 is 2.14 bits per heavy atom. The molecule has 29 heavy (non-hydrogen) atoms. The minimum Gasteiger partial charge on any atom is -0.385 e. The third-order valence-electron chi connectivity index (χ3n) is 5.30. The molecular formula is C24H30N3OP. The van der Waals surface area contributed by atoms with Gasteiger partial charge < -0.3 is 15.0 Å². The Balaban J connectivity index is 1.74. The van der Waals surface area contributed by atoms with Crippen molar-refractivity contribution in [1.29, 1.82) is 0 Å². The van der Waals surface area contributed by atoms with Crippen LogP contribution in [0.3, 0.4) is 0 Å². The van der Waals surface area contributed by atoms with Crippen molar-refractivity contribution in [3.63, 3.8) is 0 Å². The van der Waals surface area contributed by atoms with Crippen molar-refractivity contribution < 1.29 is 5.11 Å². The highest BCUT2D eigenvalue weighted by atomic mass is 31.1. The van der Waals surface area contributed by atoms with Gasteiger partial charge in [-0.3, -0.25) is 0 Å². The maximum absolute atomic E-state index is 9.93. The lowest BCUT2D eigenvalue weighted by molar-refractivity contribution is 0.182. The molecule has 4 atom stereocenters. The monoisotopic (exact) mass is 407 g/mol. The third-order valence-corrected chi connectivity index (χ3v) is 6.27. The quantitative estimate of drug-likeness (QED) is 0.425. The van der Waals surface area contributed by atoms with Gasteiger partial charge in [-0.1, -0.05) is 39.1 Å². The van der Waals surface area contributed by atoms with Crippen molar-refractivity contribution in [2.45, 2.75) is 32.4 Å². The minimum absolute atomic E-state index is 0.0265. The lowest BCUT2D eigenvalue weighted by Gasteiger charge is -2.19. The molecule has 0 radical (unpaired) electrons. The second kappa shape index (κ2) is 10.0. The van der Waals surface area contributed by atoms with E-state index in [1.165, 1.54) is 10.9 Å². The van der Waals surface area contributed by atoms with Gasteiger partial charge in [0.15, 0.2) is 0 Å². The van der Waals surface area contributed by atoms with Crippen LogP contribution in [0.2, 0.25) is 0 Å². The molecule has 1 aliphatic heterocycles. The SMILES string of the molecule is C=C(/C=C(\PC)c1ccc(C#CC2CCNC2)cc1)C(C)n1ccnc1[C@H](C)O. The summed E-state index contributed by atoms with van der Waals surface area (Å²) in [5, 5.41) is 14.5. The van der Waals surface area contributed by atoms with Gasteiger partial charge in [0.1, 0.15) is 11.9 Å². The average Bonchev–Trinajstić information content (AvgIpc) is 3.42. The molecule has 0 amide bonds. The Morgan fingerprint density at radius 1 is 1.38 bits per heavy atom. The molecule has 0 saturated carbocycles. The number of hydrogen-bond acceptors (Lipinski definition) is 3. The molecule has 0 aliphatic carbocycles. The Hall–Kier alpha value is -2.18. The van der Waals surface area contributed by atoms with Crippen molar-refractivity contribution in [3.8, 4) is 11.8 Å². The number of imidazole rings is 1. The van der Waals surface area contributed by atoms with E-state index in [0.717, 1.165) is 30.6 Å². The van der Waals surface area contributed by atoms with Gasteiger partial charge in [0.2, 0.25) is 0 Å². The zero-order valence-electron chi connectivity index (χ0n) is 17.4. The van der Waals surface area contributed by atoms with E-state index >= 15 is 0 Å². The maximum atomic E-state index is 9.93. The molecule has 2 N–H and O–H groups in total. The highest BCUT2D eigenvalue weighted by Gasteiger charge is 2.15. The topological polar surface area (TPSA) is 50.1 Å². The number of aliphatic hydroxyl groups is 1. The van der Waals surface area contributed by atoms with E-state index in [0.29, 0.717) is 20.3 Å². The van der Waals surface area contributed by atoms with Crippen molar-refractivity contribution in [2.75, 3.05) is 19.8 Å². The highest BCUT2D eigenvalue weighted by Crippen LogP contribution is 2.34. The number of hydrogen-bond donors (Lipinski definition) is 2. The van der Waals surface area contributed by atoms with E-state index < -0.39 is 6.10 Å². The van der Waals surface area contributed by atoms with Crippen molar-refractivity contribution in [2.24, 2.45) is 5.92 Å². The van der Waals surface area contributed by atoms with Crippen molar-refractivity contribution in [1.82, 2.24) is 14.9 Å². The fraction of sp³-hybridized carbons (Fsp3) is 0.375. The van der Waals surface area contributed by atoms with E-state index in [1.807, 2.05) is 10.8 Å². The first kappa shape index (κ1) is 21.5. The van der Waals surface area contributed by atoms with Crippen LogP contribution in [0.15, 0.2) is 54.9 Å². The Kier molecular flexibility index (Phi) is 7.45. The molecule has 4 nitrogen and oxygen atoms in total. The number of benzene rings is 1. The summed E-state index contributed by atoms with van der Waals surface area (Å²) in [4.78, 5) is 4.27. The van der Waals surface area contributed by atoms with Crippen LogP contribution in [0.5, 0.6) is 0 Å². The summed E-state index contributed by atoms with van der Waals surface area (Å²) >= 11 is 0. The van der Waals surface area contributed by atoms with Crippen LogP contribution in [-0.4, -0.2) is 34.4 Å². The molecule has 1 aromatic heterocycles. The Labute approximate surface area is 175 Å². The summed E-state index contributed by atoms with van der Waals surface area (Å²) in [6.45, 7) is 12.4. The number of aromatic nitrogens is 2. The van der Waals surface area contributed by atoms with Gasteiger partial charge in [-0.25, -0.2) is 4.98 Å². The maximum Gasteiger partial charge on any atom is 0.137 e. The highest BCUT2D eigenvalue weighted by molar-refractivity contribution is 7.49. The second-order valence-corrected chi connectivity index (χ2v) is 8.50. The van der Waals surface area contributed by atoms with Gasteiger partial charge in [-0.2, -0.15) is 0 Å². The molecule has 152 valence electrons. The first-order chi connectivity index (χ1) is 14.0. The van der Waals surface area contributed by atoms with Gasteiger partial charge in [-0.15, -0.1) is 0 Å². The average molecular weight is 407 g/mol. The smallest absolute Gasteiger partial charge is 0.137 e. The molecule has 1 aliphatic rings. The molecule has 3 rings (SSSR count). The van der Waals surface area contributed by atoms with Crippen LogP contribution in [0.1, 0.15) is 49.4 Å². The van der Waals surface area contributed by atoms with Crippen LogP contribution in [-0.2, 0) is 0 Å². The van der Waals surface area contributed by atoms with E-state index in [2.05, 4.69) is 72.7 Å². The zero-order chi connectivity index (χ0) is 20.8. The summed E-state index contributed by atoms with van der Waals surface area (Å²) < 4.78 is 1.98. The summed E-state index contributed by atoms with van der Waals surface area (Å²) in [6, 6.07) is 8.53. The predicted molar refractivity (Wildman–Crippen MR) is 123 cm³/mol. The van der Waals surface area contributed by atoms with E-state index in [1.54, 1.807) is 13.1 Å². The normalized spacial score (nSPS) is 19.2.